The van der Waals surface area contributed by atoms with Crippen LogP contribution < -0.4 is 10.6 Å². The lowest BCUT2D eigenvalue weighted by Gasteiger charge is -2.22. The van der Waals surface area contributed by atoms with Gasteiger partial charge in [-0.15, -0.1) is 0 Å². The zero-order valence-electron chi connectivity index (χ0n) is 9.33. The molecule has 2 N–H and O–H groups in total. The lowest BCUT2D eigenvalue weighted by atomic mass is 9.93. The Kier molecular flexibility index (Phi) is 3.96. The summed E-state index contributed by atoms with van der Waals surface area (Å²) in [7, 11) is 0. The lowest BCUT2D eigenvalue weighted by Crippen LogP contribution is -2.49. The number of nitrogens with zero attached hydrogens (tertiary/aromatic N) is 1. The monoisotopic (exact) mass is 211 g/mol. The third-order valence-electron chi connectivity index (χ3n) is 2.27. The van der Waals surface area contributed by atoms with Crippen molar-refractivity contribution in [1.29, 1.82) is 0 Å². The van der Waals surface area contributed by atoms with Crippen LogP contribution in [0, 0.1) is 11.8 Å². The molecule has 1 atom stereocenters. The van der Waals surface area contributed by atoms with Gasteiger partial charge < -0.3 is 10.6 Å². The second-order valence-corrected chi connectivity index (χ2v) is 3.89. The van der Waals surface area contributed by atoms with Crippen LogP contribution in [0.25, 0.3) is 0 Å². The molecule has 1 rings (SSSR count). The van der Waals surface area contributed by atoms with E-state index in [9.17, 15) is 9.59 Å². The van der Waals surface area contributed by atoms with Gasteiger partial charge in [-0.1, -0.05) is 20.8 Å². The molecule has 1 aliphatic heterocycles. The van der Waals surface area contributed by atoms with Gasteiger partial charge in [0.1, 0.15) is 11.8 Å². The first-order valence-electron chi connectivity index (χ1n) is 5.19. The summed E-state index contributed by atoms with van der Waals surface area (Å²) in [5.74, 6) is -0.791. The summed E-state index contributed by atoms with van der Waals surface area (Å²) in [6.07, 6.45) is 0. The highest BCUT2D eigenvalue weighted by atomic mass is 16.2. The Morgan fingerprint density at radius 3 is 2.60 bits per heavy atom. The first-order chi connectivity index (χ1) is 7.06. The molecule has 0 aromatic rings. The summed E-state index contributed by atoms with van der Waals surface area (Å²) in [4.78, 5) is 27.0. The molecule has 0 aromatic heterocycles. The molecule has 15 heavy (non-hydrogen) atoms. The molecule has 0 saturated heterocycles. The standard InChI is InChI=1S/C10H17N3O2/c1-4-11-5-7-12-9(14)8(6(2)3)10(15)13-7/h6,8,11H,4-5H2,1-3H3,(H,12,13,14,15). The van der Waals surface area contributed by atoms with Gasteiger partial charge in [-0.05, 0) is 12.5 Å². The number of aliphatic imine (C=N–C) groups is 1. The molecule has 5 heteroatoms. The minimum absolute atomic E-state index is 0.0121. The summed E-state index contributed by atoms with van der Waals surface area (Å²) in [5, 5.41) is 5.65. The molecule has 0 saturated carbocycles. The molecular formula is C10H17N3O2. The molecule has 1 aliphatic rings. The highest BCUT2D eigenvalue weighted by Crippen LogP contribution is 2.15. The van der Waals surface area contributed by atoms with Crippen LogP contribution in [0.5, 0.6) is 0 Å². The van der Waals surface area contributed by atoms with E-state index in [0.717, 1.165) is 6.54 Å². The third kappa shape index (κ3) is 2.86. The summed E-state index contributed by atoms with van der Waals surface area (Å²) < 4.78 is 0. The van der Waals surface area contributed by atoms with Gasteiger partial charge >= 0.3 is 0 Å². The zero-order chi connectivity index (χ0) is 11.4. The Morgan fingerprint density at radius 1 is 1.47 bits per heavy atom. The van der Waals surface area contributed by atoms with Crippen molar-refractivity contribution in [3.8, 4) is 0 Å². The topological polar surface area (TPSA) is 70.6 Å². The molecule has 84 valence electrons. The van der Waals surface area contributed by atoms with E-state index in [2.05, 4.69) is 15.6 Å². The first-order valence-corrected chi connectivity index (χ1v) is 5.19. The van der Waals surface area contributed by atoms with Gasteiger partial charge in [-0.2, -0.15) is 4.99 Å². The van der Waals surface area contributed by atoms with E-state index in [-0.39, 0.29) is 17.7 Å². The largest absolute Gasteiger partial charge is 0.312 e. The number of amidine groups is 1. The van der Waals surface area contributed by atoms with Crippen LogP contribution in [0.4, 0.5) is 0 Å². The van der Waals surface area contributed by atoms with E-state index in [1.807, 2.05) is 20.8 Å². The van der Waals surface area contributed by atoms with Gasteiger partial charge in [0.25, 0.3) is 5.91 Å². The van der Waals surface area contributed by atoms with Gasteiger partial charge in [-0.3, -0.25) is 9.59 Å². The molecule has 0 aliphatic carbocycles. The summed E-state index contributed by atoms with van der Waals surface area (Å²) in [5.41, 5.74) is 0. The molecule has 0 radical (unpaired) electrons. The molecule has 0 spiro atoms. The second kappa shape index (κ2) is 5.02. The number of carbonyl (C=O) groups excluding carboxylic acids is 2. The normalized spacial score (nSPS) is 21.6. The van der Waals surface area contributed by atoms with Crippen LogP contribution in [0.1, 0.15) is 20.8 Å². The molecule has 1 unspecified atom stereocenters. The molecule has 2 amide bonds. The predicted molar refractivity (Wildman–Crippen MR) is 57.5 cm³/mol. The van der Waals surface area contributed by atoms with Gasteiger partial charge in [0.05, 0.1) is 6.54 Å². The third-order valence-corrected chi connectivity index (χ3v) is 2.27. The van der Waals surface area contributed by atoms with Crippen molar-refractivity contribution in [3.63, 3.8) is 0 Å². The van der Waals surface area contributed by atoms with Crippen molar-refractivity contribution in [2.45, 2.75) is 20.8 Å². The van der Waals surface area contributed by atoms with Crippen LogP contribution in [0.15, 0.2) is 4.99 Å². The molecule has 0 aromatic carbocycles. The smallest absolute Gasteiger partial charge is 0.260 e. The van der Waals surface area contributed by atoms with Crippen molar-refractivity contribution in [2.75, 3.05) is 13.1 Å². The number of amides is 2. The van der Waals surface area contributed by atoms with E-state index in [0.29, 0.717) is 12.4 Å². The van der Waals surface area contributed by atoms with Crippen LogP contribution in [-0.2, 0) is 9.59 Å². The first kappa shape index (κ1) is 11.8. The van der Waals surface area contributed by atoms with Crippen LogP contribution in [0.3, 0.4) is 0 Å². The fourth-order valence-electron chi connectivity index (χ4n) is 1.48. The average Bonchev–Trinajstić information content (AvgIpc) is 2.12. The number of rotatable bonds is 4. The molecular weight excluding hydrogens is 194 g/mol. The van der Waals surface area contributed by atoms with Gasteiger partial charge in [-0.25, -0.2) is 0 Å². The van der Waals surface area contributed by atoms with Crippen molar-refractivity contribution >= 4 is 17.6 Å². The quantitative estimate of drug-likeness (QED) is 0.639. The summed E-state index contributed by atoms with van der Waals surface area (Å²) >= 11 is 0. The second-order valence-electron chi connectivity index (χ2n) is 3.89. The minimum atomic E-state index is -0.629. The number of likely N-dealkylation sites (N-methyl/N-ethyl adjacent to an activating group) is 1. The number of nitrogens with one attached hydrogen (secondary N) is 2. The predicted octanol–water partition coefficient (Wildman–Crippen LogP) is -0.0770. The van der Waals surface area contributed by atoms with Gasteiger partial charge in [0.2, 0.25) is 5.91 Å². The number of hydrogen-bond acceptors (Lipinski definition) is 3. The van der Waals surface area contributed by atoms with Gasteiger partial charge in [0, 0.05) is 0 Å². The maximum Gasteiger partial charge on any atom is 0.260 e. The van der Waals surface area contributed by atoms with E-state index >= 15 is 0 Å². The zero-order valence-corrected chi connectivity index (χ0v) is 9.33. The van der Waals surface area contributed by atoms with Crippen molar-refractivity contribution in [1.82, 2.24) is 10.6 Å². The van der Waals surface area contributed by atoms with Crippen molar-refractivity contribution < 1.29 is 9.59 Å². The highest BCUT2D eigenvalue weighted by Gasteiger charge is 2.33. The van der Waals surface area contributed by atoms with E-state index < -0.39 is 5.92 Å². The van der Waals surface area contributed by atoms with Crippen LogP contribution >= 0.6 is 0 Å². The average molecular weight is 211 g/mol. The van der Waals surface area contributed by atoms with Gasteiger partial charge in [0.15, 0.2) is 0 Å². The van der Waals surface area contributed by atoms with Crippen molar-refractivity contribution in [3.05, 3.63) is 0 Å². The van der Waals surface area contributed by atoms with Crippen LogP contribution in [-0.4, -0.2) is 30.7 Å². The fourth-order valence-corrected chi connectivity index (χ4v) is 1.48. The summed E-state index contributed by atoms with van der Waals surface area (Å²) in [6, 6.07) is 0. The Morgan fingerprint density at radius 2 is 2.13 bits per heavy atom. The maximum absolute atomic E-state index is 11.6. The Bertz CT molecular complexity index is 297. The lowest BCUT2D eigenvalue weighted by molar-refractivity contribution is -0.135. The Balaban J connectivity index is 2.71. The van der Waals surface area contributed by atoms with Crippen molar-refractivity contribution in [2.24, 2.45) is 16.8 Å². The minimum Gasteiger partial charge on any atom is -0.312 e. The van der Waals surface area contributed by atoms with E-state index in [4.69, 9.17) is 0 Å². The number of carbonyl (C=O) groups is 2. The Hall–Kier alpha value is -1.23. The molecule has 5 nitrogen and oxygen atoms in total. The highest BCUT2D eigenvalue weighted by molar-refractivity contribution is 6.16. The fraction of sp³-hybridized carbons (Fsp3) is 0.700. The maximum atomic E-state index is 11.6. The molecule has 1 heterocycles. The summed E-state index contributed by atoms with van der Waals surface area (Å²) in [6.45, 7) is 6.83. The van der Waals surface area contributed by atoms with E-state index in [1.54, 1.807) is 0 Å². The molecule has 0 bridgehead atoms. The SMILES string of the molecule is CCNCC1=NC(=O)C(C(C)C)C(=O)N1. The van der Waals surface area contributed by atoms with E-state index in [1.165, 1.54) is 0 Å². The number of hydrogen-bond donors (Lipinski definition) is 2. The Labute approximate surface area is 89.3 Å². The molecule has 0 fully saturated rings. The van der Waals surface area contributed by atoms with Crippen LogP contribution in [0.2, 0.25) is 0 Å².